The maximum atomic E-state index is 2.70. The number of hydrogen-bond donors (Lipinski definition) is 0. The highest BCUT2D eigenvalue weighted by atomic mass is 15.2. The average molecular weight is 906 g/mol. The minimum atomic E-state index is 0.709. The van der Waals surface area contributed by atoms with E-state index < -0.39 is 0 Å². The van der Waals surface area contributed by atoms with Crippen LogP contribution in [0.3, 0.4) is 0 Å². The van der Waals surface area contributed by atoms with Crippen LogP contribution < -0.4 is 0 Å². The lowest BCUT2D eigenvalue weighted by Crippen LogP contribution is -2.37. The monoisotopic (exact) mass is 906 g/mol. The molecule has 5 heteroatoms. The Bertz CT molecular complexity index is 2270. The third-order valence-electron chi connectivity index (χ3n) is 21.1. The normalized spacial score (nSPS) is 38.9. The summed E-state index contributed by atoms with van der Waals surface area (Å²) in [5.74, 6) is 8.22. The number of aromatic nitrogens is 1. The molecule has 5 nitrogen and oxygen atoms in total. The molecular formula is C62H91N5. The van der Waals surface area contributed by atoms with E-state index in [1.807, 2.05) is 0 Å². The van der Waals surface area contributed by atoms with Crippen LogP contribution in [0.1, 0.15) is 157 Å². The van der Waals surface area contributed by atoms with E-state index in [1.165, 1.54) is 93.6 Å². The number of rotatable bonds is 0. The minimum Gasteiger partial charge on any atom is -0.348 e. The lowest BCUT2D eigenvalue weighted by Gasteiger charge is -2.34. The SMILES string of the molecule is CC1CC2C3CCCCC3CC2N1C.CC1CC2CC3CCCCC3C2N1C.CC1CC2Cc3ccccc3C2N1C.CC1CC2c3ccccc3CC2N1C.Cc1cc2ccccc2n1C. The Hall–Kier alpha value is -2.96. The fraction of sp³-hybridized carbons (Fsp3) is 0.677. The van der Waals surface area contributed by atoms with E-state index in [-0.39, 0.29) is 0 Å². The van der Waals surface area contributed by atoms with Crippen molar-refractivity contribution in [2.45, 2.75) is 192 Å². The molecular weight excluding hydrogens is 815 g/mol. The van der Waals surface area contributed by atoms with Crippen LogP contribution in [0.4, 0.5) is 0 Å². The molecule has 3 aromatic carbocycles. The molecule has 8 fully saturated rings. The molecule has 0 N–H and O–H groups in total. The van der Waals surface area contributed by atoms with Crippen molar-refractivity contribution in [2.75, 3.05) is 28.2 Å². The molecule has 0 radical (unpaired) electrons. The molecule has 16 atom stereocenters. The lowest BCUT2D eigenvalue weighted by atomic mass is 9.77. The van der Waals surface area contributed by atoms with Gasteiger partial charge in [0.2, 0.25) is 0 Å². The molecule has 14 rings (SSSR count). The number of fused-ring (bicyclic) bond motifs is 13. The number of nitrogens with zero attached hydrogens (tertiary/aromatic N) is 5. The number of likely N-dealkylation sites (tertiary alicyclic amines) is 4. The van der Waals surface area contributed by atoms with Gasteiger partial charge in [0.1, 0.15) is 0 Å². The van der Waals surface area contributed by atoms with E-state index in [0.717, 1.165) is 89.6 Å². The Morgan fingerprint density at radius 3 is 1.76 bits per heavy atom. The molecule has 4 saturated heterocycles. The van der Waals surface area contributed by atoms with Gasteiger partial charge in [0.25, 0.3) is 0 Å². The molecule has 6 aliphatic carbocycles. The first-order valence-electron chi connectivity index (χ1n) is 27.9. The van der Waals surface area contributed by atoms with Gasteiger partial charge in [0.15, 0.2) is 0 Å². The van der Waals surface area contributed by atoms with Gasteiger partial charge in [-0.2, -0.15) is 0 Å². The summed E-state index contributed by atoms with van der Waals surface area (Å²) in [5.41, 5.74) is 9.00. The summed E-state index contributed by atoms with van der Waals surface area (Å²) >= 11 is 0. The number of aryl methyl sites for hydroxylation is 2. The largest absolute Gasteiger partial charge is 0.348 e. The number of likely N-dealkylation sites (N-methyl/N-ethyl adjacent to an activating group) is 1. The van der Waals surface area contributed by atoms with E-state index in [0.29, 0.717) is 6.04 Å². The van der Waals surface area contributed by atoms with Crippen molar-refractivity contribution in [3.8, 4) is 0 Å². The van der Waals surface area contributed by atoms with Gasteiger partial charge in [-0.05, 0) is 208 Å². The van der Waals surface area contributed by atoms with Gasteiger partial charge in [-0.1, -0.05) is 105 Å². The van der Waals surface area contributed by atoms with Gasteiger partial charge in [-0.3, -0.25) is 9.80 Å². The Morgan fingerprint density at radius 1 is 0.448 bits per heavy atom. The Morgan fingerprint density at radius 2 is 1.01 bits per heavy atom. The summed E-state index contributed by atoms with van der Waals surface area (Å²) in [6.45, 7) is 11.6. The van der Waals surface area contributed by atoms with E-state index in [2.05, 4.69) is 173 Å². The second-order valence-corrected chi connectivity index (χ2v) is 24.5. The Balaban J connectivity index is 0.0000000982. The van der Waals surface area contributed by atoms with Crippen molar-refractivity contribution in [2.24, 2.45) is 48.5 Å². The van der Waals surface area contributed by atoms with Crippen LogP contribution in [0.15, 0.2) is 78.9 Å². The van der Waals surface area contributed by atoms with Gasteiger partial charge in [0, 0.05) is 72.5 Å². The summed E-state index contributed by atoms with van der Waals surface area (Å²) in [6, 6.07) is 35.2. The Kier molecular flexibility index (Phi) is 14.3. The van der Waals surface area contributed by atoms with Crippen molar-refractivity contribution in [1.29, 1.82) is 0 Å². The van der Waals surface area contributed by atoms with Crippen molar-refractivity contribution >= 4 is 10.9 Å². The number of benzene rings is 3. The molecule has 4 saturated carbocycles. The van der Waals surface area contributed by atoms with Crippen molar-refractivity contribution in [3.63, 3.8) is 0 Å². The van der Waals surface area contributed by atoms with Crippen molar-refractivity contribution in [1.82, 2.24) is 24.2 Å². The number of hydrogen-bond acceptors (Lipinski definition) is 4. The Labute approximate surface area is 408 Å². The molecule has 4 aliphatic heterocycles. The molecule has 364 valence electrons. The van der Waals surface area contributed by atoms with Gasteiger partial charge >= 0.3 is 0 Å². The first kappa shape index (κ1) is 47.7. The van der Waals surface area contributed by atoms with Gasteiger partial charge in [0.05, 0.1) is 0 Å². The van der Waals surface area contributed by atoms with Crippen LogP contribution in [0.25, 0.3) is 10.9 Å². The van der Waals surface area contributed by atoms with Crippen LogP contribution in [-0.2, 0) is 19.9 Å². The molecule has 0 amide bonds. The molecule has 4 aromatic rings. The highest BCUT2D eigenvalue weighted by Gasteiger charge is 2.51. The van der Waals surface area contributed by atoms with Crippen LogP contribution >= 0.6 is 0 Å². The smallest absolute Gasteiger partial charge is 0.0479 e. The highest BCUT2D eigenvalue weighted by molar-refractivity contribution is 5.81. The predicted octanol–water partition coefficient (Wildman–Crippen LogP) is 13.3. The highest BCUT2D eigenvalue weighted by Crippen LogP contribution is 2.54. The zero-order valence-corrected chi connectivity index (χ0v) is 43.8. The standard InChI is InChI=1S/C13H23N.C13H17N.C13H23N.C13H17N.C10H11N/c2*1-9-7-11-8-10-5-3-4-6-12(10)13(11)14(9)2;2*1-9-7-12-11-6-4-3-5-10(11)8-13(12)14(9)2;1-8-7-9-5-3-4-6-10(9)11(8)2/h9-13H,3-8H2,1-2H3;3-6,9,11,13H,7-8H2,1-2H3;9-13H,3-8H2,1-2H3;3-6,9,12-13H,7-8H2,1-2H3;3-7H,1-2H3. The fourth-order valence-electron chi connectivity index (χ4n) is 17.1. The maximum absolute atomic E-state index is 2.70. The first-order chi connectivity index (χ1) is 32.4. The molecule has 0 spiro atoms. The van der Waals surface area contributed by atoms with E-state index in [4.69, 9.17) is 0 Å². The van der Waals surface area contributed by atoms with E-state index >= 15 is 0 Å². The summed E-state index contributed by atoms with van der Waals surface area (Å²) in [5, 5.41) is 1.33. The summed E-state index contributed by atoms with van der Waals surface area (Å²) in [4.78, 5) is 10.5. The summed E-state index contributed by atoms with van der Waals surface area (Å²) < 4.78 is 2.20. The molecule has 10 aliphatic rings. The minimum absolute atomic E-state index is 0.709. The molecule has 16 unspecified atom stereocenters. The second-order valence-electron chi connectivity index (χ2n) is 24.5. The van der Waals surface area contributed by atoms with Crippen LogP contribution in [0.5, 0.6) is 0 Å². The van der Waals surface area contributed by atoms with Crippen LogP contribution in [-0.4, -0.2) is 94.7 Å². The zero-order valence-electron chi connectivity index (χ0n) is 43.8. The quantitative estimate of drug-likeness (QED) is 0.175. The molecule has 0 bridgehead atoms. The second kappa shape index (κ2) is 20.0. The van der Waals surface area contributed by atoms with Gasteiger partial charge in [-0.15, -0.1) is 0 Å². The third-order valence-corrected chi connectivity index (χ3v) is 21.1. The topological polar surface area (TPSA) is 17.9 Å². The van der Waals surface area contributed by atoms with E-state index in [9.17, 15) is 0 Å². The number of para-hydroxylation sites is 1. The van der Waals surface area contributed by atoms with Gasteiger partial charge in [-0.25, -0.2) is 0 Å². The molecule has 67 heavy (non-hydrogen) atoms. The van der Waals surface area contributed by atoms with Crippen LogP contribution in [0, 0.1) is 48.3 Å². The third kappa shape index (κ3) is 9.17. The van der Waals surface area contributed by atoms with E-state index in [1.54, 1.807) is 47.9 Å². The maximum Gasteiger partial charge on any atom is 0.0479 e. The summed E-state index contributed by atoms with van der Waals surface area (Å²) in [6.07, 6.45) is 23.5. The average Bonchev–Trinajstić information content (AvgIpc) is 4.24. The van der Waals surface area contributed by atoms with Crippen molar-refractivity contribution < 1.29 is 0 Å². The molecule has 5 heterocycles. The van der Waals surface area contributed by atoms with Gasteiger partial charge < -0.3 is 14.4 Å². The molecule has 1 aromatic heterocycles. The van der Waals surface area contributed by atoms with Crippen LogP contribution in [0.2, 0.25) is 0 Å². The lowest BCUT2D eigenvalue weighted by molar-refractivity contribution is 0.147. The predicted molar refractivity (Wildman–Crippen MR) is 283 cm³/mol. The zero-order chi connectivity index (χ0) is 46.7. The first-order valence-corrected chi connectivity index (χ1v) is 27.9. The summed E-state index contributed by atoms with van der Waals surface area (Å²) in [7, 11) is 11.4. The van der Waals surface area contributed by atoms with Crippen molar-refractivity contribution in [3.05, 3.63) is 107 Å². The fourth-order valence-corrected chi connectivity index (χ4v) is 17.1.